The van der Waals surface area contributed by atoms with Gasteiger partial charge in [0.1, 0.15) is 24.2 Å². The maximum Gasteiger partial charge on any atom is 0.251 e. The lowest BCUT2D eigenvalue weighted by Crippen LogP contribution is -2.43. The van der Waals surface area contributed by atoms with Crippen LogP contribution in [0.2, 0.25) is 0 Å². The summed E-state index contributed by atoms with van der Waals surface area (Å²) in [6, 6.07) is 14.7. The molecule has 1 heterocycles. The van der Waals surface area contributed by atoms with E-state index < -0.39 is 0 Å². The van der Waals surface area contributed by atoms with Gasteiger partial charge in [-0.1, -0.05) is 12.1 Å². The summed E-state index contributed by atoms with van der Waals surface area (Å²) in [6.45, 7) is 1.87. The van der Waals surface area contributed by atoms with Gasteiger partial charge in [0.15, 0.2) is 0 Å². The van der Waals surface area contributed by atoms with Gasteiger partial charge in [0.25, 0.3) is 5.91 Å². The van der Waals surface area contributed by atoms with E-state index in [0.717, 1.165) is 29.9 Å². The van der Waals surface area contributed by atoms with E-state index >= 15 is 0 Å². The number of carbonyl (C=O) groups is 2. The largest absolute Gasteiger partial charge is 0.497 e. The number of benzene rings is 2. The van der Waals surface area contributed by atoms with Crippen LogP contribution in [-0.4, -0.2) is 56.7 Å². The Balaban J connectivity index is 1.46. The molecule has 2 aromatic carbocycles. The third-order valence-electron chi connectivity index (χ3n) is 5.07. The summed E-state index contributed by atoms with van der Waals surface area (Å²) in [6.07, 6.45) is 1.61. The highest BCUT2D eigenvalue weighted by molar-refractivity contribution is 5.94. The summed E-state index contributed by atoms with van der Waals surface area (Å²) < 4.78 is 16.1. The van der Waals surface area contributed by atoms with Crippen molar-refractivity contribution in [1.29, 1.82) is 0 Å². The lowest BCUT2D eigenvalue weighted by molar-refractivity contribution is -0.136. The molecule has 1 aliphatic rings. The average Bonchev–Trinajstić information content (AvgIpc) is 2.79. The molecule has 0 aromatic heterocycles. The van der Waals surface area contributed by atoms with Crippen molar-refractivity contribution in [3.05, 3.63) is 59.7 Å². The highest BCUT2D eigenvalue weighted by atomic mass is 16.5. The maximum absolute atomic E-state index is 12.4. The Bertz CT molecular complexity index is 845. The fourth-order valence-corrected chi connectivity index (χ4v) is 3.38. The zero-order valence-electron chi connectivity index (χ0n) is 17.4. The van der Waals surface area contributed by atoms with Crippen LogP contribution in [0.15, 0.2) is 48.5 Å². The van der Waals surface area contributed by atoms with E-state index in [4.69, 9.17) is 14.2 Å². The first-order chi connectivity index (χ1) is 14.6. The number of carbonyl (C=O) groups excluding carboxylic acids is 2. The molecule has 1 saturated heterocycles. The number of ether oxygens (including phenoxy) is 3. The Hall–Kier alpha value is -3.06. The van der Waals surface area contributed by atoms with Crippen LogP contribution < -0.4 is 14.8 Å². The molecule has 0 unspecified atom stereocenters. The Morgan fingerprint density at radius 2 is 1.77 bits per heavy atom. The van der Waals surface area contributed by atoms with E-state index in [-0.39, 0.29) is 24.5 Å². The third kappa shape index (κ3) is 5.97. The highest BCUT2D eigenvalue weighted by Gasteiger charge is 2.23. The molecule has 0 aliphatic carbocycles. The molecule has 0 spiro atoms. The first kappa shape index (κ1) is 21.6. The number of rotatable bonds is 8. The Kier molecular flexibility index (Phi) is 7.68. The van der Waals surface area contributed by atoms with E-state index in [1.807, 2.05) is 36.4 Å². The number of likely N-dealkylation sites (tertiary alicyclic amines) is 1. The molecule has 1 aliphatic heterocycles. The van der Waals surface area contributed by atoms with Crippen molar-refractivity contribution in [2.24, 2.45) is 0 Å². The van der Waals surface area contributed by atoms with Gasteiger partial charge in [-0.25, -0.2) is 0 Å². The summed E-state index contributed by atoms with van der Waals surface area (Å²) in [4.78, 5) is 26.1. The number of nitrogens with zero attached hydrogens (tertiary/aromatic N) is 1. The SMILES string of the molecule is COCC(=O)N1CCC(Oc2ccc(C(=O)NCc3cccc(OC)c3)cc2)CC1. The van der Waals surface area contributed by atoms with Crippen molar-refractivity contribution in [3.63, 3.8) is 0 Å². The predicted molar refractivity (Wildman–Crippen MR) is 113 cm³/mol. The summed E-state index contributed by atoms with van der Waals surface area (Å²) in [5, 5.41) is 2.91. The van der Waals surface area contributed by atoms with Gasteiger partial charge in [0.2, 0.25) is 5.91 Å². The number of methoxy groups -OCH3 is 2. The molecule has 1 N–H and O–H groups in total. The molecule has 3 rings (SSSR count). The number of nitrogens with one attached hydrogen (secondary N) is 1. The summed E-state index contributed by atoms with van der Waals surface area (Å²) in [5.41, 5.74) is 1.54. The van der Waals surface area contributed by atoms with E-state index in [1.54, 1.807) is 24.1 Å². The van der Waals surface area contributed by atoms with Crippen molar-refractivity contribution in [3.8, 4) is 11.5 Å². The van der Waals surface area contributed by atoms with Gasteiger partial charge in [-0.3, -0.25) is 9.59 Å². The minimum atomic E-state index is -0.144. The average molecular weight is 412 g/mol. The van der Waals surface area contributed by atoms with Crippen molar-refractivity contribution < 1.29 is 23.8 Å². The summed E-state index contributed by atoms with van der Waals surface area (Å²) in [7, 11) is 3.14. The van der Waals surface area contributed by atoms with Gasteiger partial charge in [-0.05, 0) is 42.0 Å². The molecule has 0 atom stereocenters. The monoisotopic (exact) mass is 412 g/mol. The van der Waals surface area contributed by atoms with E-state index in [9.17, 15) is 9.59 Å². The van der Waals surface area contributed by atoms with Crippen LogP contribution in [0, 0.1) is 0 Å². The first-order valence-electron chi connectivity index (χ1n) is 10.0. The topological polar surface area (TPSA) is 77.1 Å². The number of amides is 2. The van der Waals surface area contributed by atoms with E-state index in [0.29, 0.717) is 25.2 Å². The number of piperidine rings is 1. The molecular weight excluding hydrogens is 384 g/mol. The standard InChI is InChI=1S/C23H28N2O5/c1-28-16-22(26)25-12-10-20(11-13-25)30-19-8-6-18(7-9-19)23(27)24-15-17-4-3-5-21(14-17)29-2/h3-9,14,20H,10-13,15-16H2,1-2H3,(H,24,27). The van der Waals surface area contributed by atoms with Gasteiger partial charge < -0.3 is 24.4 Å². The quantitative estimate of drug-likeness (QED) is 0.721. The van der Waals surface area contributed by atoms with Crippen molar-refractivity contribution in [1.82, 2.24) is 10.2 Å². The number of hydrogen-bond donors (Lipinski definition) is 1. The second-order valence-electron chi connectivity index (χ2n) is 7.19. The molecule has 1 fully saturated rings. The van der Waals surface area contributed by atoms with Gasteiger partial charge >= 0.3 is 0 Å². The van der Waals surface area contributed by atoms with Gasteiger partial charge in [0, 0.05) is 45.1 Å². The van der Waals surface area contributed by atoms with Gasteiger partial charge in [-0.2, -0.15) is 0 Å². The Morgan fingerprint density at radius 3 is 2.43 bits per heavy atom. The summed E-state index contributed by atoms with van der Waals surface area (Å²) >= 11 is 0. The van der Waals surface area contributed by atoms with Crippen LogP contribution in [0.25, 0.3) is 0 Å². The lowest BCUT2D eigenvalue weighted by atomic mass is 10.1. The highest BCUT2D eigenvalue weighted by Crippen LogP contribution is 2.20. The lowest BCUT2D eigenvalue weighted by Gasteiger charge is -2.32. The second-order valence-corrected chi connectivity index (χ2v) is 7.19. The molecular formula is C23H28N2O5. The zero-order valence-corrected chi connectivity index (χ0v) is 17.4. The van der Waals surface area contributed by atoms with Crippen molar-refractivity contribution in [2.45, 2.75) is 25.5 Å². The minimum Gasteiger partial charge on any atom is -0.497 e. The van der Waals surface area contributed by atoms with E-state index in [1.165, 1.54) is 7.11 Å². The normalized spacial score (nSPS) is 14.3. The van der Waals surface area contributed by atoms with Crippen molar-refractivity contribution in [2.75, 3.05) is 33.9 Å². The number of hydrogen-bond acceptors (Lipinski definition) is 5. The molecule has 7 nitrogen and oxygen atoms in total. The Labute approximate surface area is 176 Å². The zero-order chi connectivity index (χ0) is 21.3. The van der Waals surface area contributed by atoms with Crippen LogP contribution in [0.3, 0.4) is 0 Å². The molecule has 2 aromatic rings. The molecule has 0 bridgehead atoms. The molecule has 2 amide bonds. The predicted octanol–water partition coefficient (Wildman–Crippen LogP) is 2.64. The molecule has 160 valence electrons. The van der Waals surface area contributed by atoms with Crippen molar-refractivity contribution >= 4 is 11.8 Å². The van der Waals surface area contributed by atoms with Crippen LogP contribution in [-0.2, 0) is 16.1 Å². The minimum absolute atomic E-state index is 0.0141. The van der Waals surface area contributed by atoms with E-state index in [2.05, 4.69) is 5.32 Å². The fourth-order valence-electron chi connectivity index (χ4n) is 3.38. The van der Waals surface area contributed by atoms with Crippen LogP contribution in [0.4, 0.5) is 0 Å². The van der Waals surface area contributed by atoms with Gasteiger partial charge in [-0.15, -0.1) is 0 Å². The van der Waals surface area contributed by atoms with Gasteiger partial charge in [0.05, 0.1) is 7.11 Å². The fraction of sp³-hybridized carbons (Fsp3) is 0.391. The third-order valence-corrected chi connectivity index (χ3v) is 5.07. The molecule has 0 saturated carbocycles. The second kappa shape index (κ2) is 10.6. The summed E-state index contributed by atoms with van der Waals surface area (Å²) in [5.74, 6) is 1.35. The van der Waals surface area contributed by atoms with Crippen LogP contribution in [0.5, 0.6) is 11.5 Å². The maximum atomic E-state index is 12.4. The van der Waals surface area contributed by atoms with Crippen LogP contribution >= 0.6 is 0 Å². The Morgan fingerprint density at radius 1 is 1.03 bits per heavy atom. The molecule has 0 radical (unpaired) electrons. The molecule has 30 heavy (non-hydrogen) atoms. The smallest absolute Gasteiger partial charge is 0.251 e. The first-order valence-corrected chi connectivity index (χ1v) is 10.0. The van der Waals surface area contributed by atoms with Crippen LogP contribution in [0.1, 0.15) is 28.8 Å². The molecule has 7 heteroatoms.